The monoisotopic (exact) mass is 293 g/mol. The van der Waals surface area contributed by atoms with Gasteiger partial charge < -0.3 is 16.0 Å². The van der Waals surface area contributed by atoms with Crippen LogP contribution < -0.4 is 11.1 Å². The molecule has 114 valence electrons. The minimum atomic E-state index is -0.343. The summed E-state index contributed by atoms with van der Waals surface area (Å²) >= 11 is 0. The molecule has 1 aliphatic carbocycles. The van der Waals surface area contributed by atoms with Crippen LogP contribution in [0.15, 0.2) is 24.3 Å². The van der Waals surface area contributed by atoms with E-state index in [0.29, 0.717) is 13.0 Å². The second kappa shape index (κ2) is 7.17. The maximum Gasteiger partial charge on any atom is 0.242 e. The molecule has 1 aromatic carbocycles. The Morgan fingerprint density at radius 1 is 1.38 bits per heavy atom. The molecule has 5 nitrogen and oxygen atoms in total. The number of hydrogen-bond acceptors (Lipinski definition) is 3. The van der Waals surface area contributed by atoms with Crippen molar-refractivity contribution in [1.82, 2.24) is 10.2 Å². The number of benzene rings is 1. The highest BCUT2D eigenvalue weighted by atomic mass is 19.1. The summed E-state index contributed by atoms with van der Waals surface area (Å²) in [6, 6.07) is 6.63. The highest BCUT2D eigenvalue weighted by Gasteiger charge is 2.32. The first kappa shape index (κ1) is 15.4. The smallest absolute Gasteiger partial charge is 0.242 e. The highest BCUT2D eigenvalue weighted by Crippen LogP contribution is 2.27. The summed E-state index contributed by atoms with van der Waals surface area (Å²) in [6.45, 7) is 0.376. The predicted octanol–water partition coefficient (Wildman–Crippen LogP) is 0.434. The van der Waals surface area contributed by atoms with Crippen LogP contribution in [-0.2, 0) is 16.0 Å². The third-order valence-electron chi connectivity index (χ3n) is 3.46. The minimum absolute atomic E-state index is 0.0321. The SMILES string of the molecule is NCC(=O)NCC(=O)N(CCc1cccc(F)c1)C1CC1. The molecule has 1 aliphatic rings. The number of nitrogens with two attached hydrogens (primary N) is 1. The highest BCUT2D eigenvalue weighted by molar-refractivity contribution is 5.85. The zero-order chi connectivity index (χ0) is 15.2. The Balaban J connectivity index is 1.87. The summed E-state index contributed by atoms with van der Waals surface area (Å²) in [4.78, 5) is 25.0. The lowest BCUT2D eigenvalue weighted by Crippen LogP contribution is -2.43. The van der Waals surface area contributed by atoms with E-state index in [0.717, 1.165) is 18.4 Å². The van der Waals surface area contributed by atoms with Gasteiger partial charge in [-0.25, -0.2) is 4.39 Å². The second-order valence-electron chi connectivity index (χ2n) is 5.18. The van der Waals surface area contributed by atoms with Crippen LogP contribution in [0, 0.1) is 5.82 Å². The Bertz CT molecular complexity index is 517. The third kappa shape index (κ3) is 4.82. The summed E-state index contributed by atoms with van der Waals surface area (Å²) in [7, 11) is 0. The molecule has 0 heterocycles. The van der Waals surface area contributed by atoms with Crippen molar-refractivity contribution >= 4 is 11.8 Å². The Hall–Kier alpha value is -1.95. The van der Waals surface area contributed by atoms with E-state index >= 15 is 0 Å². The van der Waals surface area contributed by atoms with E-state index < -0.39 is 0 Å². The summed E-state index contributed by atoms with van der Waals surface area (Å²) in [5.41, 5.74) is 6.04. The second-order valence-corrected chi connectivity index (χ2v) is 5.18. The van der Waals surface area contributed by atoms with Crippen LogP contribution in [-0.4, -0.2) is 42.4 Å². The zero-order valence-corrected chi connectivity index (χ0v) is 11.8. The lowest BCUT2D eigenvalue weighted by atomic mass is 10.1. The number of rotatable bonds is 7. The molecule has 0 spiro atoms. The first-order chi connectivity index (χ1) is 10.1. The Morgan fingerprint density at radius 3 is 2.76 bits per heavy atom. The quantitative estimate of drug-likeness (QED) is 0.765. The van der Waals surface area contributed by atoms with E-state index in [-0.39, 0.29) is 36.8 Å². The van der Waals surface area contributed by atoms with Crippen LogP contribution in [0.4, 0.5) is 4.39 Å². The predicted molar refractivity (Wildman–Crippen MR) is 76.9 cm³/mol. The topological polar surface area (TPSA) is 75.4 Å². The number of carbonyl (C=O) groups excluding carboxylic acids is 2. The fraction of sp³-hybridized carbons (Fsp3) is 0.467. The normalized spacial score (nSPS) is 13.8. The summed E-state index contributed by atoms with van der Waals surface area (Å²) in [6.07, 6.45) is 2.57. The standard InChI is InChI=1S/C15H20FN3O2/c16-12-3-1-2-11(8-12)6-7-19(13-4-5-13)15(21)10-18-14(20)9-17/h1-3,8,13H,4-7,9-10,17H2,(H,18,20). The van der Waals surface area contributed by atoms with E-state index in [1.807, 2.05) is 6.07 Å². The Labute approximate surface area is 123 Å². The molecule has 0 unspecified atom stereocenters. The molecule has 21 heavy (non-hydrogen) atoms. The number of halogens is 1. The van der Waals surface area contributed by atoms with Gasteiger partial charge in [-0.1, -0.05) is 12.1 Å². The van der Waals surface area contributed by atoms with Crippen molar-refractivity contribution in [3.63, 3.8) is 0 Å². The van der Waals surface area contributed by atoms with Gasteiger partial charge in [0.2, 0.25) is 11.8 Å². The molecule has 3 N–H and O–H groups in total. The van der Waals surface area contributed by atoms with Crippen LogP contribution in [0.2, 0.25) is 0 Å². The van der Waals surface area contributed by atoms with Gasteiger partial charge >= 0.3 is 0 Å². The number of carbonyl (C=O) groups is 2. The molecule has 0 atom stereocenters. The molecule has 0 saturated heterocycles. The zero-order valence-electron chi connectivity index (χ0n) is 11.8. The van der Waals surface area contributed by atoms with Gasteiger partial charge in [-0.2, -0.15) is 0 Å². The maximum atomic E-state index is 13.1. The molecule has 0 bridgehead atoms. The minimum Gasteiger partial charge on any atom is -0.346 e. The van der Waals surface area contributed by atoms with Gasteiger partial charge in [-0.15, -0.1) is 0 Å². The van der Waals surface area contributed by atoms with Gasteiger partial charge in [0.1, 0.15) is 5.82 Å². The molecule has 1 aromatic rings. The molecule has 0 aliphatic heterocycles. The molecular formula is C15H20FN3O2. The molecule has 1 fully saturated rings. The number of hydrogen-bond donors (Lipinski definition) is 2. The number of amides is 2. The van der Waals surface area contributed by atoms with Gasteiger partial charge in [0, 0.05) is 12.6 Å². The van der Waals surface area contributed by atoms with E-state index in [4.69, 9.17) is 5.73 Å². The van der Waals surface area contributed by atoms with Crippen LogP contribution in [0.25, 0.3) is 0 Å². The summed E-state index contributed by atoms with van der Waals surface area (Å²) < 4.78 is 13.1. The lowest BCUT2D eigenvalue weighted by Gasteiger charge is -2.22. The first-order valence-corrected chi connectivity index (χ1v) is 7.11. The van der Waals surface area contributed by atoms with Crippen molar-refractivity contribution in [1.29, 1.82) is 0 Å². The molecule has 2 amide bonds. The van der Waals surface area contributed by atoms with Gasteiger partial charge in [0.15, 0.2) is 0 Å². The van der Waals surface area contributed by atoms with Crippen molar-refractivity contribution in [2.45, 2.75) is 25.3 Å². The lowest BCUT2D eigenvalue weighted by molar-refractivity contribution is -0.133. The fourth-order valence-corrected chi connectivity index (χ4v) is 2.19. The van der Waals surface area contributed by atoms with Gasteiger partial charge in [-0.3, -0.25) is 9.59 Å². The number of nitrogens with one attached hydrogen (secondary N) is 1. The van der Waals surface area contributed by atoms with E-state index in [2.05, 4.69) is 5.32 Å². The maximum absolute atomic E-state index is 13.1. The van der Waals surface area contributed by atoms with Gasteiger partial charge in [0.25, 0.3) is 0 Å². The third-order valence-corrected chi connectivity index (χ3v) is 3.46. The first-order valence-electron chi connectivity index (χ1n) is 7.11. The van der Waals surface area contributed by atoms with Crippen LogP contribution in [0.1, 0.15) is 18.4 Å². The van der Waals surface area contributed by atoms with Crippen molar-refractivity contribution in [2.24, 2.45) is 5.73 Å². The van der Waals surface area contributed by atoms with Crippen LogP contribution in [0.5, 0.6) is 0 Å². The molecule has 0 radical (unpaired) electrons. The van der Waals surface area contributed by atoms with E-state index in [1.54, 1.807) is 11.0 Å². The molecule has 0 aromatic heterocycles. The van der Waals surface area contributed by atoms with Gasteiger partial charge in [0.05, 0.1) is 13.1 Å². The van der Waals surface area contributed by atoms with Gasteiger partial charge in [-0.05, 0) is 37.0 Å². The van der Waals surface area contributed by atoms with Crippen LogP contribution in [0.3, 0.4) is 0 Å². The van der Waals surface area contributed by atoms with E-state index in [9.17, 15) is 14.0 Å². The van der Waals surface area contributed by atoms with Crippen LogP contribution >= 0.6 is 0 Å². The largest absolute Gasteiger partial charge is 0.346 e. The molecular weight excluding hydrogens is 273 g/mol. The van der Waals surface area contributed by atoms with Crippen molar-refractivity contribution in [3.8, 4) is 0 Å². The average molecular weight is 293 g/mol. The number of nitrogens with zero attached hydrogens (tertiary/aromatic N) is 1. The molecule has 6 heteroatoms. The van der Waals surface area contributed by atoms with Crippen molar-refractivity contribution < 1.29 is 14.0 Å². The summed E-state index contributed by atoms with van der Waals surface area (Å²) in [5, 5.41) is 2.49. The Morgan fingerprint density at radius 2 is 2.14 bits per heavy atom. The van der Waals surface area contributed by atoms with Crippen molar-refractivity contribution in [2.75, 3.05) is 19.6 Å². The average Bonchev–Trinajstić information content (AvgIpc) is 3.29. The van der Waals surface area contributed by atoms with E-state index in [1.165, 1.54) is 12.1 Å². The fourth-order valence-electron chi connectivity index (χ4n) is 2.19. The molecule has 1 saturated carbocycles. The Kier molecular flexibility index (Phi) is 5.27. The molecule has 2 rings (SSSR count). The van der Waals surface area contributed by atoms with Crippen molar-refractivity contribution in [3.05, 3.63) is 35.6 Å². The summed E-state index contributed by atoms with van der Waals surface area (Å²) in [5.74, 6) is -0.730.